The molecule has 0 radical (unpaired) electrons. The summed E-state index contributed by atoms with van der Waals surface area (Å²) in [5.74, 6) is -10.0. The van der Waals surface area contributed by atoms with Crippen LogP contribution in [0.1, 0.15) is 11.1 Å². The molecule has 0 bridgehead atoms. The second kappa shape index (κ2) is 13.2. The van der Waals surface area contributed by atoms with Gasteiger partial charge in [0.05, 0.1) is 0 Å². The Morgan fingerprint density at radius 2 is 1.00 bits per heavy atom. The number of halogens is 8. The molecule has 1 atom stereocenters. The van der Waals surface area contributed by atoms with E-state index in [9.17, 15) is 39.1 Å². The van der Waals surface area contributed by atoms with Gasteiger partial charge in [-0.05, 0) is 63.3 Å². The lowest BCUT2D eigenvalue weighted by Crippen LogP contribution is -2.41. The Balaban J connectivity index is 0.000000235. The van der Waals surface area contributed by atoms with Crippen molar-refractivity contribution in [1.29, 1.82) is 0 Å². The van der Waals surface area contributed by atoms with Gasteiger partial charge in [-0.2, -0.15) is 0 Å². The van der Waals surface area contributed by atoms with Gasteiger partial charge in [0, 0.05) is 11.1 Å². The molecule has 0 fully saturated rings. The second-order valence-corrected chi connectivity index (χ2v) is 12.4. The minimum absolute atomic E-state index is 0.374. The van der Waals surface area contributed by atoms with E-state index in [1.807, 2.05) is 84.9 Å². The summed E-state index contributed by atoms with van der Waals surface area (Å²) in [4.78, 5) is 0.774. The Kier molecular flexibility index (Phi) is 9.31. The van der Waals surface area contributed by atoms with Crippen LogP contribution in [0.5, 0.6) is 0 Å². The van der Waals surface area contributed by atoms with Crippen molar-refractivity contribution in [2.45, 2.75) is 10.6 Å². The van der Waals surface area contributed by atoms with Gasteiger partial charge in [-0.1, -0.05) is 89.1 Å². The van der Waals surface area contributed by atoms with Crippen molar-refractivity contribution in [3.8, 4) is 11.2 Å². The van der Waals surface area contributed by atoms with Gasteiger partial charge in [-0.25, -0.2) is 22.0 Å². The van der Waals surface area contributed by atoms with E-state index in [1.54, 1.807) is 0 Å². The van der Waals surface area contributed by atoms with Gasteiger partial charge in [0.1, 0.15) is 11.6 Å². The first kappa shape index (κ1) is 32.4. The van der Waals surface area contributed by atoms with Crippen molar-refractivity contribution < 1.29 is 39.1 Å². The first-order valence-electron chi connectivity index (χ1n) is 13.7. The van der Waals surface area contributed by atoms with Crippen molar-refractivity contribution in [2.24, 2.45) is 0 Å². The third-order valence-corrected chi connectivity index (χ3v) is 9.22. The summed E-state index contributed by atoms with van der Waals surface area (Å²) in [6.45, 7) is -6.30. The third-order valence-electron chi connectivity index (χ3n) is 7.06. The van der Waals surface area contributed by atoms with Crippen LogP contribution in [0.4, 0.5) is 34.9 Å². The fourth-order valence-electron chi connectivity index (χ4n) is 4.86. The van der Waals surface area contributed by atoms with Crippen LogP contribution in [-0.2, 0) is 19.9 Å². The summed E-state index contributed by atoms with van der Waals surface area (Å²) in [5.41, 5.74) is -0.773. The van der Waals surface area contributed by atoms with Crippen LogP contribution in [0.3, 0.4) is 0 Å². The number of rotatable bonds is 4. The van der Waals surface area contributed by atoms with Gasteiger partial charge in [0.25, 0.3) is 0 Å². The third kappa shape index (κ3) is 6.67. The van der Waals surface area contributed by atoms with Gasteiger partial charge in [0.15, 0.2) is 43.3 Å². The van der Waals surface area contributed by atoms with Gasteiger partial charge in [0.2, 0.25) is 0 Å². The summed E-state index contributed by atoms with van der Waals surface area (Å²) >= 11 is 0. The summed E-state index contributed by atoms with van der Waals surface area (Å²) < 4.78 is 112. The molecule has 0 spiro atoms. The molecule has 232 valence electrons. The average Bonchev–Trinajstić information content (AvgIpc) is 3.06. The highest BCUT2D eigenvalue weighted by atomic mass is 32.2. The molecule has 0 aliphatic heterocycles. The first-order chi connectivity index (χ1) is 21.9. The Labute approximate surface area is 260 Å². The molecule has 0 amide bonds. The average molecular weight is 652 g/mol. The molecule has 6 aromatic carbocycles. The summed E-state index contributed by atoms with van der Waals surface area (Å²) in [5, 5.41) is 7.76. The molecule has 0 heterocycles. The summed E-state index contributed by atoms with van der Waals surface area (Å²) in [6.07, 6.45) is 0. The quantitative estimate of drug-likeness (QED) is 0.0353. The van der Waals surface area contributed by atoms with Crippen LogP contribution >= 0.6 is 0 Å². The van der Waals surface area contributed by atoms with E-state index in [1.165, 1.54) is 0 Å². The number of hydrogen-bond donors (Lipinski definition) is 0. The molecule has 0 aromatic heterocycles. The van der Waals surface area contributed by atoms with E-state index in [2.05, 4.69) is 41.5 Å². The normalized spacial score (nSPS) is 12.5. The lowest BCUT2D eigenvalue weighted by Gasteiger charge is -2.17. The number of benzene rings is 6. The van der Waals surface area contributed by atoms with Gasteiger partial charge >= 0.3 is 6.98 Å². The van der Waals surface area contributed by atoms with Gasteiger partial charge in [-0.3, -0.25) is 0 Å². The Morgan fingerprint density at radius 1 is 0.565 bits per heavy atom. The Bertz CT molecular complexity index is 2070. The molecular formula is C35H21BF8OS. The zero-order valence-corrected chi connectivity index (χ0v) is 24.4. The smallest absolute Gasteiger partial charge is 0.445 e. The standard InChI is InChI=1S/C29H21OS.C6BF8/c30-31(26-15-5-2-6-16-26,20-19-23-11-3-1-4-12-23)22-29-27-17-9-7-13-24(27)21-25-14-8-10-18-28(25)29;8-2-1(7(13,14)15)3(9)5(11)6(12)4(2)10/h1-18,21H,22H2;/q+1;-1. The molecule has 6 aromatic rings. The molecule has 0 aliphatic carbocycles. The first-order valence-corrected chi connectivity index (χ1v) is 15.4. The van der Waals surface area contributed by atoms with Crippen LogP contribution in [0.25, 0.3) is 21.5 Å². The molecule has 6 rings (SSSR count). The van der Waals surface area contributed by atoms with Crippen LogP contribution < -0.4 is 5.46 Å². The highest BCUT2D eigenvalue weighted by molar-refractivity contribution is 8.06. The topological polar surface area (TPSA) is 17.1 Å². The summed E-state index contributed by atoms with van der Waals surface area (Å²) in [6, 6.07) is 38.3. The molecule has 11 heteroatoms. The van der Waals surface area contributed by atoms with Crippen LogP contribution in [0.2, 0.25) is 0 Å². The molecule has 0 saturated heterocycles. The molecular weight excluding hydrogens is 631 g/mol. The SMILES string of the molecule is Fc1c(F)c(F)c([B-](F)(F)F)c(F)c1F.O=[S+](C#Cc1ccccc1)(Cc1c2ccccc2cc2ccccc12)c1ccccc1. The lowest BCUT2D eigenvalue weighted by atomic mass is 9.79. The van der Waals surface area contributed by atoms with E-state index in [0.29, 0.717) is 5.75 Å². The van der Waals surface area contributed by atoms with Crippen molar-refractivity contribution in [1.82, 2.24) is 0 Å². The van der Waals surface area contributed by atoms with Crippen LogP contribution in [-0.4, -0.2) is 6.98 Å². The number of fused-ring (bicyclic) bond motifs is 2. The largest absolute Gasteiger partial charge is 0.515 e. The maximum atomic E-state index is 14.4. The van der Waals surface area contributed by atoms with E-state index < -0.39 is 51.5 Å². The van der Waals surface area contributed by atoms with Crippen LogP contribution in [0, 0.1) is 40.3 Å². The predicted molar refractivity (Wildman–Crippen MR) is 166 cm³/mol. The zero-order valence-electron chi connectivity index (χ0n) is 23.6. The molecule has 1 unspecified atom stereocenters. The van der Waals surface area contributed by atoms with Crippen molar-refractivity contribution >= 4 is 43.9 Å². The minimum atomic E-state index is -6.30. The molecule has 1 nitrogen and oxygen atoms in total. The maximum Gasteiger partial charge on any atom is 0.515 e. The predicted octanol–water partition coefficient (Wildman–Crippen LogP) is 9.50. The van der Waals surface area contributed by atoms with Crippen molar-refractivity contribution in [2.75, 3.05) is 0 Å². The molecule has 0 aliphatic rings. The fraction of sp³-hybridized carbons (Fsp3) is 0.0286. The van der Waals surface area contributed by atoms with Crippen LogP contribution in [0.15, 0.2) is 120 Å². The van der Waals surface area contributed by atoms with E-state index in [0.717, 1.165) is 37.6 Å². The lowest BCUT2D eigenvalue weighted by molar-refractivity contribution is 0.377. The van der Waals surface area contributed by atoms with Crippen molar-refractivity contribution in [3.63, 3.8) is 0 Å². The highest BCUT2D eigenvalue weighted by Crippen LogP contribution is 2.34. The Morgan fingerprint density at radius 3 is 1.50 bits per heavy atom. The van der Waals surface area contributed by atoms with Crippen molar-refractivity contribution in [3.05, 3.63) is 155 Å². The number of hydrogen-bond acceptors (Lipinski definition) is 1. The van der Waals surface area contributed by atoms with Gasteiger partial charge in [-0.15, -0.1) is 0 Å². The summed E-state index contributed by atoms with van der Waals surface area (Å²) in [7, 11) is -2.66. The van der Waals surface area contributed by atoms with E-state index in [4.69, 9.17) is 0 Å². The molecule has 46 heavy (non-hydrogen) atoms. The van der Waals surface area contributed by atoms with E-state index in [-0.39, 0.29) is 0 Å². The minimum Gasteiger partial charge on any atom is -0.445 e. The van der Waals surface area contributed by atoms with E-state index >= 15 is 0 Å². The molecule has 0 N–H and O–H groups in total. The fourth-order valence-corrected chi connectivity index (χ4v) is 6.81. The monoisotopic (exact) mass is 652 g/mol. The highest BCUT2D eigenvalue weighted by Gasteiger charge is 2.38. The second-order valence-electron chi connectivity index (χ2n) is 10.1. The van der Waals surface area contributed by atoms with Gasteiger partial charge < -0.3 is 12.9 Å². The maximum absolute atomic E-state index is 14.4. The molecule has 0 saturated carbocycles. The Hall–Kier alpha value is -4.95. The zero-order chi connectivity index (χ0) is 33.1.